The summed E-state index contributed by atoms with van der Waals surface area (Å²) < 4.78 is 13.1. The van der Waals surface area contributed by atoms with Crippen LogP contribution >= 0.6 is 23.1 Å². The first-order chi connectivity index (χ1) is 16.4. The minimum absolute atomic E-state index is 0.211. The third-order valence-corrected chi connectivity index (χ3v) is 9.01. The van der Waals surface area contributed by atoms with E-state index in [2.05, 4.69) is 36.8 Å². The normalized spacial score (nSPS) is 23.0. The van der Waals surface area contributed by atoms with Gasteiger partial charge in [0.15, 0.2) is 11.0 Å². The molecular formula is C25H33N5O2S2. The van der Waals surface area contributed by atoms with Gasteiger partial charge in [0.25, 0.3) is 0 Å². The second kappa shape index (κ2) is 8.76. The number of nitrogens with zero attached hydrogens (tertiary/aromatic N) is 5. The fraction of sp³-hybridized carbons (Fsp3) is 0.640. The molecule has 0 saturated carbocycles. The summed E-state index contributed by atoms with van der Waals surface area (Å²) in [6.07, 6.45) is 6.65. The van der Waals surface area contributed by atoms with E-state index in [0.29, 0.717) is 12.6 Å². The number of aromatic nitrogens is 3. The Kier molecular flexibility index (Phi) is 5.87. The first-order valence-corrected chi connectivity index (χ1v) is 14.4. The second-order valence-electron chi connectivity index (χ2n) is 10.2. The van der Waals surface area contributed by atoms with Crippen LogP contribution in [0.15, 0.2) is 5.16 Å². The van der Waals surface area contributed by atoms with Crippen LogP contribution in [0.5, 0.6) is 0 Å². The molecule has 3 aromatic rings. The number of rotatable bonds is 3. The lowest BCUT2D eigenvalue weighted by Crippen LogP contribution is -2.39. The van der Waals surface area contributed by atoms with E-state index in [1.807, 2.05) is 0 Å². The fourth-order valence-corrected chi connectivity index (χ4v) is 7.06. The monoisotopic (exact) mass is 499 g/mol. The molecule has 3 aliphatic heterocycles. The van der Waals surface area contributed by atoms with Crippen molar-refractivity contribution in [2.75, 3.05) is 48.9 Å². The number of piperidine rings is 1. The highest BCUT2D eigenvalue weighted by Crippen LogP contribution is 2.45. The third-order valence-electron chi connectivity index (χ3n) is 7.40. The number of hydrogen-bond donors (Lipinski definition) is 0. The van der Waals surface area contributed by atoms with Crippen molar-refractivity contribution < 1.29 is 9.47 Å². The van der Waals surface area contributed by atoms with Gasteiger partial charge in [-0.1, -0.05) is 11.8 Å². The number of morpholine rings is 1. The molecule has 0 N–H and O–H groups in total. The van der Waals surface area contributed by atoms with Gasteiger partial charge in [0.05, 0.1) is 35.6 Å². The van der Waals surface area contributed by atoms with E-state index >= 15 is 0 Å². The molecule has 6 heterocycles. The molecule has 0 aromatic carbocycles. The molecule has 0 radical (unpaired) electrons. The molecule has 0 aliphatic carbocycles. The largest absolute Gasteiger partial charge is 0.378 e. The lowest BCUT2D eigenvalue weighted by atomic mass is 9.90. The highest BCUT2D eigenvalue weighted by atomic mass is 32.2. The quantitative estimate of drug-likeness (QED) is 0.367. The zero-order valence-electron chi connectivity index (χ0n) is 20.5. The predicted octanol–water partition coefficient (Wildman–Crippen LogP) is 5.03. The van der Waals surface area contributed by atoms with Crippen LogP contribution in [0.2, 0.25) is 0 Å². The van der Waals surface area contributed by atoms with E-state index in [4.69, 9.17) is 24.4 Å². The molecule has 7 nitrogen and oxygen atoms in total. The number of thiophene rings is 1. The Labute approximate surface area is 209 Å². The number of anilines is 2. The van der Waals surface area contributed by atoms with Crippen molar-refractivity contribution in [1.29, 1.82) is 0 Å². The summed E-state index contributed by atoms with van der Waals surface area (Å²) in [6.45, 7) is 11.6. The summed E-state index contributed by atoms with van der Waals surface area (Å²) in [5.74, 6) is 2.16. The predicted molar refractivity (Wildman–Crippen MR) is 141 cm³/mol. The Bertz CT molecular complexity index is 1240. The number of hydrogen-bond acceptors (Lipinski definition) is 9. The Balaban J connectivity index is 1.62. The summed E-state index contributed by atoms with van der Waals surface area (Å²) in [5, 5.41) is 2.06. The van der Waals surface area contributed by atoms with Gasteiger partial charge in [0, 0.05) is 43.0 Å². The Morgan fingerprint density at radius 1 is 1.03 bits per heavy atom. The molecule has 182 valence electrons. The smallest absolute Gasteiger partial charge is 0.189 e. The first kappa shape index (κ1) is 22.8. The molecule has 0 unspecified atom stereocenters. The van der Waals surface area contributed by atoms with Gasteiger partial charge in [-0.15, -0.1) is 11.3 Å². The Morgan fingerprint density at radius 3 is 2.62 bits per heavy atom. The van der Waals surface area contributed by atoms with Gasteiger partial charge in [-0.2, -0.15) is 0 Å². The van der Waals surface area contributed by atoms with Gasteiger partial charge >= 0.3 is 0 Å². The van der Waals surface area contributed by atoms with Crippen LogP contribution in [0.4, 0.5) is 11.6 Å². The molecule has 0 amide bonds. The van der Waals surface area contributed by atoms with Crippen molar-refractivity contribution in [3.05, 3.63) is 11.1 Å². The molecule has 6 rings (SSSR count). The average Bonchev–Trinajstić information content (AvgIpc) is 3.22. The molecule has 1 atom stereocenters. The fourth-order valence-electron chi connectivity index (χ4n) is 5.56. The standard InChI is InChI=1S/C25H33N5O2S2/c1-15-7-5-6-8-30(15)22-20-19(26-24(28-22)33-4)18-16-13-25(2,3)32-14-17(16)21(27-23(18)34-20)29-9-11-31-12-10-29/h15H,5-14H2,1-4H3/t15-/m1/s1. The lowest BCUT2D eigenvalue weighted by molar-refractivity contribution is -0.0396. The van der Waals surface area contributed by atoms with Crippen LogP contribution in [-0.4, -0.2) is 65.7 Å². The molecule has 3 aliphatic rings. The molecule has 2 fully saturated rings. The summed E-state index contributed by atoms with van der Waals surface area (Å²) >= 11 is 3.40. The summed E-state index contributed by atoms with van der Waals surface area (Å²) in [5.41, 5.74) is 3.45. The average molecular weight is 500 g/mol. The maximum absolute atomic E-state index is 6.30. The lowest BCUT2D eigenvalue weighted by Gasteiger charge is -2.36. The topological polar surface area (TPSA) is 63.6 Å². The molecule has 0 spiro atoms. The minimum Gasteiger partial charge on any atom is -0.378 e. The van der Waals surface area contributed by atoms with Gasteiger partial charge in [-0.3, -0.25) is 0 Å². The maximum Gasteiger partial charge on any atom is 0.189 e. The van der Waals surface area contributed by atoms with Crippen LogP contribution < -0.4 is 9.80 Å². The second-order valence-corrected chi connectivity index (χ2v) is 12.0. The third kappa shape index (κ3) is 3.85. The van der Waals surface area contributed by atoms with E-state index < -0.39 is 0 Å². The van der Waals surface area contributed by atoms with Crippen molar-refractivity contribution in [2.24, 2.45) is 0 Å². The molecule has 3 aromatic heterocycles. The highest BCUT2D eigenvalue weighted by molar-refractivity contribution is 7.98. The maximum atomic E-state index is 6.30. The number of fused-ring (bicyclic) bond motifs is 5. The van der Waals surface area contributed by atoms with E-state index in [1.54, 1.807) is 23.1 Å². The molecule has 0 bridgehead atoms. The summed E-state index contributed by atoms with van der Waals surface area (Å²) in [4.78, 5) is 21.4. The van der Waals surface area contributed by atoms with Crippen molar-refractivity contribution in [1.82, 2.24) is 15.0 Å². The van der Waals surface area contributed by atoms with Crippen molar-refractivity contribution in [3.8, 4) is 0 Å². The number of thioether (sulfide) groups is 1. The molecular weight excluding hydrogens is 466 g/mol. The van der Waals surface area contributed by atoms with E-state index in [-0.39, 0.29) is 5.60 Å². The van der Waals surface area contributed by atoms with Crippen LogP contribution in [-0.2, 0) is 22.5 Å². The van der Waals surface area contributed by atoms with Gasteiger partial charge in [-0.25, -0.2) is 15.0 Å². The van der Waals surface area contributed by atoms with Crippen LogP contribution in [0.25, 0.3) is 20.4 Å². The Hall–Kier alpha value is -1.68. The first-order valence-electron chi connectivity index (χ1n) is 12.4. The van der Waals surface area contributed by atoms with Gasteiger partial charge < -0.3 is 19.3 Å². The number of pyridine rings is 1. The van der Waals surface area contributed by atoms with Crippen LogP contribution in [0.3, 0.4) is 0 Å². The minimum atomic E-state index is -0.211. The highest BCUT2D eigenvalue weighted by Gasteiger charge is 2.34. The zero-order chi connectivity index (χ0) is 23.4. The molecule has 2 saturated heterocycles. The Morgan fingerprint density at radius 2 is 1.85 bits per heavy atom. The van der Waals surface area contributed by atoms with E-state index in [9.17, 15) is 0 Å². The van der Waals surface area contributed by atoms with Gasteiger partial charge in [-0.05, 0) is 51.9 Å². The number of ether oxygens (including phenoxy) is 2. The molecule has 34 heavy (non-hydrogen) atoms. The van der Waals surface area contributed by atoms with Crippen molar-refractivity contribution >= 4 is 55.2 Å². The van der Waals surface area contributed by atoms with E-state index in [0.717, 1.165) is 66.4 Å². The molecule has 9 heteroatoms. The van der Waals surface area contributed by atoms with Crippen LogP contribution in [0.1, 0.15) is 51.2 Å². The van der Waals surface area contributed by atoms with Crippen LogP contribution in [0, 0.1) is 0 Å². The summed E-state index contributed by atoms with van der Waals surface area (Å²) in [7, 11) is 0. The van der Waals surface area contributed by atoms with Crippen molar-refractivity contribution in [2.45, 2.75) is 69.9 Å². The van der Waals surface area contributed by atoms with Crippen molar-refractivity contribution in [3.63, 3.8) is 0 Å². The summed E-state index contributed by atoms with van der Waals surface area (Å²) in [6, 6.07) is 0.491. The SMILES string of the molecule is CSc1nc(N2CCCC[C@H]2C)c2sc3nc(N4CCOCC4)c4c(c3c2n1)CC(C)(C)OC4. The van der Waals surface area contributed by atoms with Gasteiger partial charge in [0.2, 0.25) is 0 Å². The zero-order valence-corrected chi connectivity index (χ0v) is 22.2. The van der Waals surface area contributed by atoms with Gasteiger partial charge in [0.1, 0.15) is 10.6 Å². The van der Waals surface area contributed by atoms with E-state index in [1.165, 1.54) is 40.5 Å².